The summed E-state index contributed by atoms with van der Waals surface area (Å²) in [6.07, 6.45) is 7.02. The second-order valence-corrected chi connectivity index (χ2v) is 17.2. The molecular formula is C55H46N2. The average Bonchev–Trinajstić information content (AvgIpc) is 3.47. The third-order valence-electron chi connectivity index (χ3n) is 13.4. The van der Waals surface area contributed by atoms with Gasteiger partial charge in [-0.1, -0.05) is 167 Å². The van der Waals surface area contributed by atoms with Gasteiger partial charge in [0.15, 0.2) is 0 Å². The number of anilines is 5. The van der Waals surface area contributed by atoms with Crippen LogP contribution in [-0.4, -0.2) is 6.54 Å². The molecule has 0 spiro atoms. The Morgan fingerprint density at radius 2 is 1.00 bits per heavy atom. The normalized spacial score (nSPS) is 16.0. The van der Waals surface area contributed by atoms with Crippen LogP contribution in [0, 0.1) is 0 Å². The predicted octanol–water partition coefficient (Wildman–Crippen LogP) is 14.7. The first-order valence-electron chi connectivity index (χ1n) is 20.6. The largest absolute Gasteiger partial charge is 0.341 e. The van der Waals surface area contributed by atoms with Crippen LogP contribution < -0.4 is 9.80 Å². The van der Waals surface area contributed by atoms with Crippen LogP contribution >= 0.6 is 0 Å². The van der Waals surface area contributed by atoms with Crippen LogP contribution in [0.15, 0.2) is 158 Å². The highest BCUT2D eigenvalue weighted by Gasteiger charge is 2.38. The van der Waals surface area contributed by atoms with E-state index in [0.29, 0.717) is 0 Å². The molecule has 0 saturated heterocycles. The van der Waals surface area contributed by atoms with Gasteiger partial charge < -0.3 is 9.80 Å². The van der Waals surface area contributed by atoms with E-state index in [1.807, 2.05) is 0 Å². The summed E-state index contributed by atoms with van der Waals surface area (Å²) in [7, 11) is 0. The maximum atomic E-state index is 2.53. The summed E-state index contributed by atoms with van der Waals surface area (Å²) >= 11 is 0. The zero-order valence-electron chi connectivity index (χ0n) is 33.2. The smallest absolute Gasteiger partial charge is 0.0619 e. The minimum absolute atomic E-state index is 0.115. The van der Waals surface area contributed by atoms with E-state index in [1.165, 1.54) is 106 Å². The van der Waals surface area contributed by atoms with E-state index >= 15 is 0 Å². The average molecular weight is 735 g/mol. The summed E-state index contributed by atoms with van der Waals surface area (Å²) in [6, 6.07) is 59.1. The van der Waals surface area contributed by atoms with E-state index in [4.69, 9.17) is 0 Å². The first-order valence-corrected chi connectivity index (χ1v) is 20.6. The van der Waals surface area contributed by atoms with Crippen LogP contribution in [0.2, 0.25) is 0 Å². The minimum Gasteiger partial charge on any atom is -0.341 e. The van der Waals surface area contributed by atoms with Gasteiger partial charge in [0.2, 0.25) is 0 Å². The first kappa shape index (κ1) is 33.9. The lowest BCUT2D eigenvalue weighted by molar-refractivity contribution is 0.632. The van der Waals surface area contributed by atoms with Crippen molar-refractivity contribution in [2.75, 3.05) is 16.3 Å². The van der Waals surface area contributed by atoms with Gasteiger partial charge >= 0.3 is 0 Å². The first-order chi connectivity index (χ1) is 27.8. The summed E-state index contributed by atoms with van der Waals surface area (Å²) in [5.41, 5.74) is 18.3. The van der Waals surface area contributed by atoms with E-state index in [2.05, 4.69) is 207 Å². The Balaban J connectivity index is 1.02. The molecule has 0 N–H and O–H groups in total. The Morgan fingerprint density at radius 3 is 1.67 bits per heavy atom. The zero-order chi connectivity index (χ0) is 38.5. The molecule has 0 unspecified atom stereocenters. The SMILES string of the molecule is CC1(C)c2cc(C=Cc3c4ccccc4c(N4c5ccccc5C(C)(C)c5ccccc54)c4ccccc34)ccc2-c2ccc(N3CCCc4ccccc43)cc21. The molecule has 0 saturated carbocycles. The Morgan fingerprint density at radius 1 is 0.474 bits per heavy atom. The number of hydrogen-bond donors (Lipinski definition) is 0. The Labute approximate surface area is 336 Å². The third kappa shape index (κ3) is 5.03. The summed E-state index contributed by atoms with van der Waals surface area (Å²) in [6.45, 7) is 10.6. The van der Waals surface area contributed by atoms with Crippen LogP contribution in [0.1, 0.15) is 73.1 Å². The molecule has 0 aromatic heterocycles. The van der Waals surface area contributed by atoms with Crippen molar-refractivity contribution in [3.63, 3.8) is 0 Å². The van der Waals surface area contributed by atoms with Gasteiger partial charge in [-0.15, -0.1) is 0 Å². The van der Waals surface area contributed by atoms with Crippen molar-refractivity contribution in [3.05, 3.63) is 197 Å². The number of para-hydroxylation sites is 3. The van der Waals surface area contributed by atoms with E-state index < -0.39 is 0 Å². The Kier molecular flexibility index (Phi) is 7.48. The molecule has 3 aliphatic rings. The number of hydrogen-bond acceptors (Lipinski definition) is 2. The van der Waals surface area contributed by atoms with E-state index in [0.717, 1.165) is 13.0 Å². The molecule has 57 heavy (non-hydrogen) atoms. The van der Waals surface area contributed by atoms with Crippen molar-refractivity contribution >= 4 is 62.1 Å². The van der Waals surface area contributed by atoms with Crippen molar-refractivity contribution in [1.29, 1.82) is 0 Å². The molecule has 0 amide bonds. The van der Waals surface area contributed by atoms with Gasteiger partial charge in [0, 0.05) is 39.5 Å². The molecule has 11 rings (SSSR count). The molecule has 8 aromatic rings. The van der Waals surface area contributed by atoms with E-state index in [-0.39, 0.29) is 10.8 Å². The van der Waals surface area contributed by atoms with Crippen LogP contribution in [0.3, 0.4) is 0 Å². The van der Waals surface area contributed by atoms with E-state index in [9.17, 15) is 0 Å². The van der Waals surface area contributed by atoms with Crippen molar-refractivity contribution in [2.45, 2.75) is 51.4 Å². The molecule has 1 aliphatic carbocycles. The number of benzene rings is 8. The van der Waals surface area contributed by atoms with Crippen LogP contribution in [0.4, 0.5) is 28.4 Å². The highest BCUT2D eigenvalue weighted by atomic mass is 15.2. The molecule has 2 heterocycles. The Bertz CT molecular complexity index is 2860. The van der Waals surface area contributed by atoms with Gasteiger partial charge in [0.1, 0.15) is 0 Å². The standard InChI is InChI=1S/C55H46N2/c1-54(2)46-22-10-13-25-51(46)57(52-26-14-11-23-47(52)54)53-44-20-8-6-18-39(44)41(40-19-7-9-21-45(40)53)30-27-36-28-31-42-43-32-29-38(35-49(43)55(3,4)48(42)34-36)56-33-15-17-37-16-5-12-24-50(37)56/h5-14,16,18-32,34-35H,15,17,33H2,1-4H3. The van der Waals surface area contributed by atoms with Gasteiger partial charge in [-0.3, -0.25) is 0 Å². The third-order valence-corrected chi connectivity index (χ3v) is 13.4. The summed E-state index contributed by atoms with van der Waals surface area (Å²) in [5.74, 6) is 0. The minimum atomic E-state index is -0.119. The topological polar surface area (TPSA) is 6.48 Å². The lowest BCUT2D eigenvalue weighted by Crippen LogP contribution is -2.30. The van der Waals surface area contributed by atoms with E-state index in [1.54, 1.807) is 0 Å². The maximum absolute atomic E-state index is 2.53. The van der Waals surface area contributed by atoms with Crippen molar-refractivity contribution in [3.8, 4) is 11.1 Å². The van der Waals surface area contributed by atoms with Crippen molar-refractivity contribution in [2.24, 2.45) is 0 Å². The number of nitrogens with zero attached hydrogens (tertiary/aromatic N) is 2. The van der Waals surface area contributed by atoms with Crippen molar-refractivity contribution in [1.82, 2.24) is 0 Å². The Hall–Kier alpha value is -6.38. The maximum Gasteiger partial charge on any atom is 0.0619 e. The predicted molar refractivity (Wildman–Crippen MR) is 243 cm³/mol. The van der Waals surface area contributed by atoms with Crippen LogP contribution in [0.25, 0.3) is 44.8 Å². The molecule has 8 aromatic carbocycles. The molecule has 2 heteroatoms. The molecule has 0 radical (unpaired) electrons. The van der Waals surface area contributed by atoms with Gasteiger partial charge in [-0.25, -0.2) is 0 Å². The fourth-order valence-corrected chi connectivity index (χ4v) is 10.5. The highest BCUT2D eigenvalue weighted by molar-refractivity contribution is 6.19. The molecule has 2 aliphatic heterocycles. The van der Waals surface area contributed by atoms with Gasteiger partial charge in [-0.2, -0.15) is 0 Å². The molecule has 0 fully saturated rings. The monoisotopic (exact) mass is 734 g/mol. The second kappa shape index (κ2) is 12.6. The molecular weight excluding hydrogens is 689 g/mol. The lowest BCUT2D eigenvalue weighted by Gasteiger charge is -2.42. The zero-order valence-corrected chi connectivity index (χ0v) is 33.2. The van der Waals surface area contributed by atoms with Crippen molar-refractivity contribution < 1.29 is 0 Å². The van der Waals surface area contributed by atoms with Crippen LogP contribution in [-0.2, 0) is 17.3 Å². The fraction of sp³-hybridized carbons (Fsp3) is 0.164. The summed E-state index contributed by atoms with van der Waals surface area (Å²) in [4.78, 5) is 5.06. The number of fused-ring (bicyclic) bond motifs is 8. The second-order valence-electron chi connectivity index (χ2n) is 17.2. The molecule has 0 atom stereocenters. The van der Waals surface area contributed by atoms with Crippen LogP contribution in [0.5, 0.6) is 0 Å². The van der Waals surface area contributed by atoms with Gasteiger partial charge in [0.05, 0.1) is 17.1 Å². The van der Waals surface area contributed by atoms with Gasteiger partial charge in [0.25, 0.3) is 0 Å². The fourth-order valence-electron chi connectivity index (χ4n) is 10.5. The summed E-state index contributed by atoms with van der Waals surface area (Å²) in [5, 5.41) is 5.00. The summed E-state index contributed by atoms with van der Waals surface area (Å²) < 4.78 is 0. The van der Waals surface area contributed by atoms with Gasteiger partial charge in [-0.05, 0) is 104 Å². The number of rotatable bonds is 4. The molecule has 276 valence electrons. The highest BCUT2D eigenvalue weighted by Crippen LogP contribution is 2.55. The molecule has 2 nitrogen and oxygen atoms in total. The molecule has 0 bridgehead atoms. The lowest BCUT2D eigenvalue weighted by atomic mass is 9.73. The number of aryl methyl sites for hydroxylation is 1. The quantitative estimate of drug-likeness (QED) is 0.131.